The van der Waals surface area contributed by atoms with Crippen molar-refractivity contribution in [2.45, 2.75) is 31.3 Å². The van der Waals surface area contributed by atoms with E-state index >= 15 is 0 Å². The molecule has 1 aromatic carbocycles. The zero-order valence-electron chi connectivity index (χ0n) is 14.9. The summed E-state index contributed by atoms with van der Waals surface area (Å²) in [5, 5.41) is -1.20. The largest absolute Gasteiger partial charge is 0.485 e. The summed E-state index contributed by atoms with van der Waals surface area (Å²) in [7, 11) is 5.09. The van der Waals surface area contributed by atoms with Gasteiger partial charge in [-0.25, -0.2) is 13.6 Å². The molecule has 0 atom stereocenters. The lowest BCUT2D eigenvalue weighted by Crippen LogP contribution is -2.38. The average Bonchev–Trinajstić information content (AvgIpc) is 2.73. The van der Waals surface area contributed by atoms with E-state index in [0.29, 0.717) is 12.4 Å². The second-order valence-electron chi connectivity index (χ2n) is 7.41. The van der Waals surface area contributed by atoms with Gasteiger partial charge in [0, 0.05) is 18.7 Å². The van der Waals surface area contributed by atoms with Gasteiger partial charge in [0.15, 0.2) is 27.3 Å². The highest BCUT2D eigenvalue weighted by molar-refractivity contribution is 6.39. The van der Waals surface area contributed by atoms with E-state index in [0.717, 1.165) is 6.07 Å². The smallest absolute Gasteiger partial charge is 0.352 e. The second kappa shape index (κ2) is 5.61. The van der Waals surface area contributed by atoms with Crippen LogP contribution in [0.5, 0.6) is 5.88 Å². The van der Waals surface area contributed by atoms with Gasteiger partial charge in [-0.3, -0.25) is 4.57 Å². The van der Waals surface area contributed by atoms with E-state index in [1.54, 1.807) is 26.3 Å². The summed E-state index contributed by atoms with van der Waals surface area (Å²) in [5.74, 6) is -1.16. The van der Waals surface area contributed by atoms with Crippen molar-refractivity contribution < 1.29 is 13.5 Å². The van der Waals surface area contributed by atoms with Crippen LogP contribution >= 0.6 is 0 Å². The molecule has 0 saturated heterocycles. The molecule has 25 heavy (non-hydrogen) atoms. The van der Waals surface area contributed by atoms with Crippen molar-refractivity contribution in [1.82, 2.24) is 9.55 Å². The maximum atomic E-state index is 14.1. The van der Waals surface area contributed by atoms with Crippen LogP contribution in [-0.4, -0.2) is 37.8 Å². The molecule has 0 unspecified atom stereocenters. The normalized spacial score (nSPS) is 16.0. The molecule has 0 aliphatic carbocycles. The number of rotatable bonds is 3. The molecule has 0 saturated carbocycles. The predicted molar refractivity (Wildman–Crippen MR) is 96.7 cm³/mol. The zero-order valence-corrected chi connectivity index (χ0v) is 14.9. The van der Waals surface area contributed by atoms with Crippen molar-refractivity contribution in [3.05, 3.63) is 51.9 Å². The van der Waals surface area contributed by atoms with Crippen LogP contribution in [0.25, 0.3) is 0 Å². The maximum Gasteiger partial charge on any atom is 0.352 e. The third kappa shape index (κ3) is 2.92. The van der Waals surface area contributed by atoms with Gasteiger partial charge in [0.25, 0.3) is 0 Å². The Morgan fingerprint density at radius 2 is 2.00 bits per heavy atom. The standard InChI is InChI=1S/C16H19B2F2N3O2/c1-15(2)8-23-12(22(15)3)7-11(21-14(23)24)25-16(17,18)9-5-4-6-10(19)13(9)20/h4-7H,8,17-18H2,1-3H3. The number of benzene rings is 1. The van der Waals surface area contributed by atoms with Gasteiger partial charge in [0.2, 0.25) is 5.88 Å². The molecular weight excluding hydrogens is 326 g/mol. The predicted octanol–water partition coefficient (Wildman–Crippen LogP) is 0.205. The lowest BCUT2D eigenvalue weighted by atomic mass is 9.61. The molecular formula is C16H19B2F2N3O2. The monoisotopic (exact) mass is 345 g/mol. The van der Waals surface area contributed by atoms with Crippen molar-refractivity contribution in [2.24, 2.45) is 0 Å². The minimum atomic E-state index is -1.20. The number of likely N-dealkylation sites (N-methyl/N-ethyl adjacent to an activating group) is 1. The van der Waals surface area contributed by atoms with Crippen LogP contribution in [0.15, 0.2) is 29.1 Å². The number of anilines is 1. The van der Waals surface area contributed by atoms with Crippen LogP contribution in [0.3, 0.4) is 0 Å². The summed E-state index contributed by atoms with van der Waals surface area (Å²) in [5.41, 5.74) is -0.597. The molecule has 5 nitrogen and oxygen atoms in total. The van der Waals surface area contributed by atoms with E-state index in [2.05, 4.69) is 4.98 Å². The third-order valence-electron chi connectivity index (χ3n) is 4.72. The fourth-order valence-electron chi connectivity index (χ4n) is 3.04. The fraction of sp³-hybridized carbons (Fsp3) is 0.375. The van der Waals surface area contributed by atoms with Gasteiger partial charge in [-0.05, 0) is 19.9 Å². The molecule has 130 valence electrons. The summed E-state index contributed by atoms with van der Waals surface area (Å²) in [6.45, 7) is 4.56. The molecule has 0 spiro atoms. The minimum absolute atomic E-state index is 0.0589. The van der Waals surface area contributed by atoms with Crippen molar-refractivity contribution >= 4 is 21.5 Å². The van der Waals surface area contributed by atoms with E-state index in [4.69, 9.17) is 4.74 Å². The van der Waals surface area contributed by atoms with Gasteiger partial charge in [0.1, 0.15) is 5.82 Å². The van der Waals surface area contributed by atoms with Crippen LogP contribution in [0.2, 0.25) is 0 Å². The number of hydrogen-bond donors (Lipinski definition) is 0. The highest BCUT2D eigenvalue weighted by Crippen LogP contribution is 2.33. The molecule has 0 fully saturated rings. The van der Waals surface area contributed by atoms with E-state index in [9.17, 15) is 13.6 Å². The molecule has 0 bridgehead atoms. The maximum absolute atomic E-state index is 14.1. The first kappa shape index (κ1) is 17.5. The van der Waals surface area contributed by atoms with Crippen LogP contribution in [0, 0.1) is 11.6 Å². The third-order valence-corrected chi connectivity index (χ3v) is 4.72. The van der Waals surface area contributed by atoms with E-state index in [1.165, 1.54) is 12.1 Å². The first-order valence-corrected chi connectivity index (χ1v) is 8.02. The molecule has 0 N–H and O–H groups in total. The van der Waals surface area contributed by atoms with Crippen LogP contribution in [0.4, 0.5) is 14.6 Å². The summed E-state index contributed by atoms with van der Waals surface area (Å²) < 4.78 is 35.0. The average molecular weight is 345 g/mol. The Morgan fingerprint density at radius 3 is 2.68 bits per heavy atom. The van der Waals surface area contributed by atoms with Gasteiger partial charge in [0.05, 0.1) is 17.5 Å². The highest BCUT2D eigenvalue weighted by Gasteiger charge is 2.36. The number of ether oxygens (including phenoxy) is 1. The summed E-state index contributed by atoms with van der Waals surface area (Å²) in [4.78, 5) is 18.2. The van der Waals surface area contributed by atoms with Gasteiger partial charge in [-0.15, -0.1) is 0 Å². The summed E-state index contributed by atoms with van der Waals surface area (Å²) in [6, 6.07) is 5.56. The molecule has 9 heteroatoms. The Bertz CT molecular complexity index is 899. The zero-order chi connectivity index (χ0) is 18.6. The Kier molecular flexibility index (Phi) is 3.93. The lowest BCUT2D eigenvalue weighted by molar-refractivity contribution is 0.225. The van der Waals surface area contributed by atoms with Crippen LogP contribution < -0.4 is 15.3 Å². The Hall–Kier alpha value is -2.31. The van der Waals surface area contributed by atoms with Crippen molar-refractivity contribution in [3.8, 4) is 5.88 Å². The topological polar surface area (TPSA) is 47.4 Å². The highest BCUT2D eigenvalue weighted by atomic mass is 19.2. The van der Waals surface area contributed by atoms with Gasteiger partial charge >= 0.3 is 5.69 Å². The second-order valence-corrected chi connectivity index (χ2v) is 7.41. The Labute approximate surface area is 146 Å². The van der Waals surface area contributed by atoms with Gasteiger partial charge in [-0.2, -0.15) is 4.98 Å². The number of hydrogen-bond acceptors (Lipinski definition) is 4. The quantitative estimate of drug-likeness (QED) is 0.747. The first-order chi connectivity index (χ1) is 11.5. The molecule has 1 aromatic heterocycles. The molecule has 3 rings (SSSR count). The first-order valence-electron chi connectivity index (χ1n) is 8.02. The molecule has 2 heterocycles. The molecule has 1 aliphatic heterocycles. The number of halogens is 2. The molecule has 2 aromatic rings. The van der Waals surface area contributed by atoms with Crippen molar-refractivity contribution in [2.75, 3.05) is 11.9 Å². The molecule has 1 aliphatic rings. The minimum Gasteiger partial charge on any atom is -0.485 e. The molecule has 0 amide bonds. The lowest BCUT2D eigenvalue weighted by Gasteiger charge is -2.29. The van der Waals surface area contributed by atoms with E-state index in [1.807, 2.05) is 25.8 Å². The number of fused-ring (bicyclic) bond motifs is 1. The summed E-state index contributed by atoms with van der Waals surface area (Å²) in [6.07, 6.45) is 0. The van der Waals surface area contributed by atoms with Crippen LogP contribution in [0.1, 0.15) is 19.4 Å². The molecule has 0 radical (unpaired) electrons. The van der Waals surface area contributed by atoms with E-state index < -0.39 is 22.7 Å². The van der Waals surface area contributed by atoms with Crippen molar-refractivity contribution in [3.63, 3.8) is 0 Å². The SMILES string of the molecule is BC(B)(Oc1cc2n(c(=O)n1)CC(C)(C)N2C)c1cccc(F)c1F. The van der Waals surface area contributed by atoms with E-state index in [-0.39, 0.29) is 17.0 Å². The number of aromatic nitrogens is 2. The van der Waals surface area contributed by atoms with Gasteiger partial charge < -0.3 is 9.64 Å². The van der Waals surface area contributed by atoms with Gasteiger partial charge in [-0.1, -0.05) is 12.1 Å². The van der Waals surface area contributed by atoms with Crippen molar-refractivity contribution in [1.29, 1.82) is 0 Å². The fourth-order valence-corrected chi connectivity index (χ4v) is 3.04. The summed E-state index contributed by atoms with van der Waals surface area (Å²) >= 11 is 0. The Morgan fingerprint density at radius 1 is 1.32 bits per heavy atom. The number of nitrogens with zero attached hydrogens (tertiary/aromatic N) is 3. The van der Waals surface area contributed by atoms with Crippen LogP contribution in [-0.2, 0) is 11.9 Å². The Balaban J connectivity index is 2.00.